The molecule has 0 bridgehead atoms. The minimum atomic E-state index is -0.518. The molecule has 136 valence electrons. The van der Waals surface area contributed by atoms with E-state index in [0.29, 0.717) is 22.6 Å². The zero-order valence-electron chi connectivity index (χ0n) is 15.0. The van der Waals surface area contributed by atoms with E-state index in [0.717, 1.165) is 10.9 Å². The number of pyridine rings is 1. The lowest BCUT2D eigenvalue weighted by atomic mass is 9.98. The quantitative estimate of drug-likeness (QED) is 0.548. The van der Waals surface area contributed by atoms with Crippen LogP contribution in [0.2, 0.25) is 0 Å². The number of nitrogens with zero attached hydrogens (tertiary/aromatic N) is 2. The predicted molar refractivity (Wildman–Crippen MR) is 107 cm³/mol. The van der Waals surface area contributed by atoms with Crippen LogP contribution in [0.1, 0.15) is 5.56 Å². The van der Waals surface area contributed by atoms with Gasteiger partial charge in [0.05, 0.1) is 18.4 Å². The van der Waals surface area contributed by atoms with E-state index in [1.807, 2.05) is 24.3 Å². The van der Waals surface area contributed by atoms with Gasteiger partial charge in [-0.25, -0.2) is 9.78 Å². The Morgan fingerprint density at radius 3 is 2.54 bits per heavy atom. The second kappa shape index (κ2) is 6.89. The van der Waals surface area contributed by atoms with Crippen LogP contribution in [0.5, 0.6) is 5.75 Å². The molecule has 0 saturated heterocycles. The monoisotopic (exact) mass is 369 g/mol. The highest BCUT2D eigenvalue weighted by atomic mass is 16.5. The summed E-state index contributed by atoms with van der Waals surface area (Å²) in [6.07, 6.45) is 0. The SMILES string of the molecule is COc1ccc(-c2cc(-c3cc4ccccc4oc3=O)nc(N)c2C#N)cc1. The normalized spacial score (nSPS) is 10.6. The Bertz CT molecular complexity index is 1290. The molecule has 0 saturated carbocycles. The lowest BCUT2D eigenvalue weighted by Gasteiger charge is -2.10. The molecule has 0 amide bonds. The van der Waals surface area contributed by atoms with Crippen molar-refractivity contribution >= 4 is 16.8 Å². The third kappa shape index (κ3) is 2.95. The van der Waals surface area contributed by atoms with E-state index in [2.05, 4.69) is 11.1 Å². The topological polar surface area (TPSA) is 102 Å². The summed E-state index contributed by atoms with van der Waals surface area (Å²) >= 11 is 0. The van der Waals surface area contributed by atoms with Crippen LogP contribution >= 0.6 is 0 Å². The number of aromatic nitrogens is 1. The van der Waals surface area contributed by atoms with Crippen molar-refractivity contribution in [2.45, 2.75) is 0 Å². The van der Waals surface area contributed by atoms with E-state index in [1.165, 1.54) is 0 Å². The lowest BCUT2D eigenvalue weighted by molar-refractivity contribution is 0.415. The van der Waals surface area contributed by atoms with E-state index in [-0.39, 0.29) is 16.9 Å². The molecule has 4 aromatic rings. The van der Waals surface area contributed by atoms with Crippen molar-refractivity contribution in [1.29, 1.82) is 5.26 Å². The van der Waals surface area contributed by atoms with Gasteiger partial charge in [0.15, 0.2) is 0 Å². The molecule has 0 fully saturated rings. The molecule has 2 aromatic heterocycles. The van der Waals surface area contributed by atoms with Crippen molar-refractivity contribution in [3.63, 3.8) is 0 Å². The van der Waals surface area contributed by atoms with Gasteiger partial charge in [0.1, 0.15) is 28.8 Å². The van der Waals surface area contributed by atoms with Crippen molar-refractivity contribution in [3.8, 4) is 34.2 Å². The molecule has 0 spiro atoms. The van der Waals surface area contributed by atoms with Gasteiger partial charge >= 0.3 is 5.63 Å². The molecular formula is C22H15N3O3. The van der Waals surface area contributed by atoms with Gasteiger partial charge in [0.25, 0.3) is 0 Å². The highest BCUT2D eigenvalue weighted by molar-refractivity contribution is 5.84. The Balaban J connectivity index is 1.94. The number of hydrogen-bond donors (Lipinski definition) is 1. The summed E-state index contributed by atoms with van der Waals surface area (Å²) in [5.41, 5.74) is 8.24. The third-order valence-electron chi connectivity index (χ3n) is 4.48. The number of fused-ring (bicyclic) bond motifs is 1. The van der Waals surface area contributed by atoms with Crippen LogP contribution < -0.4 is 16.1 Å². The maximum Gasteiger partial charge on any atom is 0.345 e. The van der Waals surface area contributed by atoms with Crippen molar-refractivity contribution in [2.75, 3.05) is 12.8 Å². The lowest BCUT2D eigenvalue weighted by Crippen LogP contribution is -2.06. The van der Waals surface area contributed by atoms with Crippen LogP contribution in [0.25, 0.3) is 33.4 Å². The van der Waals surface area contributed by atoms with Gasteiger partial charge < -0.3 is 14.9 Å². The summed E-state index contributed by atoms with van der Waals surface area (Å²) < 4.78 is 10.6. The molecule has 2 aromatic carbocycles. The van der Waals surface area contributed by atoms with Gasteiger partial charge in [-0.1, -0.05) is 30.3 Å². The number of methoxy groups -OCH3 is 1. The average molecular weight is 369 g/mol. The van der Waals surface area contributed by atoms with Crippen molar-refractivity contribution in [1.82, 2.24) is 4.98 Å². The number of benzene rings is 2. The van der Waals surface area contributed by atoms with Gasteiger partial charge in [-0.3, -0.25) is 0 Å². The number of anilines is 1. The fourth-order valence-electron chi connectivity index (χ4n) is 3.06. The number of para-hydroxylation sites is 1. The number of hydrogen-bond acceptors (Lipinski definition) is 6. The fraction of sp³-hybridized carbons (Fsp3) is 0.0455. The molecule has 4 rings (SSSR count). The van der Waals surface area contributed by atoms with E-state index < -0.39 is 5.63 Å². The Hall–Kier alpha value is -4.11. The maximum absolute atomic E-state index is 12.5. The second-order valence-corrected chi connectivity index (χ2v) is 6.14. The van der Waals surface area contributed by atoms with E-state index in [4.69, 9.17) is 14.9 Å². The summed E-state index contributed by atoms with van der Waals surface area (Å²) in [4.78, 5) is 16.8. The number of ether oxygens (including phenoxy) is 1. The number of rotatable bonds is 3. The van der Waals surface area contributed by atoms with E-state index in [9.17, 15) is 10.1 Å². The minimum Gasteiger partial charge on any atom is -0.497 e. The highest BCUT2D eigenvalue weighted by Gasteiger charge is 2.16. The van der Waals surface area contributed by atoms with Crippen LogP contribution in [0, 0.1) is 11.3 Å². The Labute approximate surface area is 160 Å². The third-order valence-corrected chi connectivity index (χ3v) is 4.48. The van der Waals surface area contributed by atoms with Crippen molar-refractivity contribution < 1.29 is 9.15 Å². The van der Waals surface area contributed by atoms with Gasteiger partial charge in [-0.05, 0) is 35.9 Å². The Morgan fingerprint density at radius 1 is 1.07 bits per heavy atom. The first kappa shape index (κ1) is 17.3. The summed E-state index contributed by atoms with van der Waals surface area (Å²) in [5.74, 6) is 0.748. The molecule has 2 heterocycles. The maximum atomic E-state index is 12.5. The van der Waals surface area contributed by atoms with Crippen LogP contribution in [-0.2, 0) is 0 Å². The molecule has 0 atom stereocenters. The average Bonchev–Trinajstić information content (AvgIpc) is 2.72. The summed E-state index contributed by atoms with van der Waals surface area (Å²) in [6, 6.07) is 19.9. The van der Waals surface area contributed by atoms with Gasteiger partial charge in [-0.15, -0.1) is 0 Å². The highest BCUT2D eigenvalue weighted by Crippen LogP contribution is 2.32. The molecule has 0 aliphatic carbocycles. The first-order valence-corrected chi connectivity index (χ1v) is 8.49. The van der Waals surface area contributed by atoms with Crippen molar-refractivity contribution in [2.24, 2.45) is 0 Å². The van der Waals surface area contributed by atoms with Crippen molar-refractivity contribution in [3.05, 3.63) is 76.6 Å². The molecule has 0 aliphatic rings. The van der Waals surface area contributed by atoms with E-state index in [1.54, 1.807) is 43.5 Å². The fourth-order valence-corrected chi connectivity index (χ4v) is 3.06. The van der Waals surface area contributed by atoms with Crippen LogP contribution in [-0.4, -0.2) is 12.1 Å². The first-order chi connectivity index (χ1) is 13.6. The summed E-state index contributed by atoms with van der Waals surface area (Å²) in [5, 5.41) is 10.3. The Morgan fingerprint density at radius 2 is 1.82 bits per heavy atom. The Kier molecular flexibility index (Phi) is 4.26. The molecule has 0 unspecified atom stereocenters. The molecule has 28 heavy (non-hydrogen) atoms. The minimum absolute atomic E-state index is 0.0541. The van der Waals surface area contributed by atoms with Crippen LogP contribution in [0.15, 0.2) is 69.9 Å². The van der Waals surface area contributed by atoms with E-state index >= 15 is 0 Å². The number of nitrogen functional groups attached to an aromatic ring is 1. The number of nitriles is 1. The van der Waals surface area contributed by atoms with Gasteiger partial charge in [-0.2, -0.15) is 5.26 Å². The zero-order chi connectivity index (χ0) is 19.7. The summed E-state index contributed by atoms with van der Waals surface area (Å²) in [6.45, 7) is 0. The number of nitrogens with two attached hydrogens (primary N) is 1. The molecule has 0 radical (unpaired) electrons. The van der Waals surface area contributed by atoms with Crippen LogP contribution in [0.4, 0.5) is 5.82 Å². The smallest absolute Gasteiger partial charge is 0.345 e. The first-order valence-electron chi connectivity index (χ1n) is 8.49. The molecule has 6 nitrogen and oxygen atoms in total. The summed E-state index contributed by atoms with van der Waals surface area (Å²) in [7, 11) is 1.58. The predicted octanol–water partition coefficient (Wildman–Crippen LogP) is 3.98. The zero-order valence-corrected chi connectivity index (χ0v) is 15.0. The van der Waals surface area contributed by atoms with Gasteiger partial charge in [0, 0.05) is 10.9 Å². The largest absolute Gasteiger partial charge is 0.497 e. The standard InChI is InChI=1S/C22H15N3O3/c1-27-15-8-6-13(7-9-15)16-11-19(25-21(24)18(16)12-23)17-10-14-4-2-3-5-20(14)28-22(17)26/h2-11H,1H3,(H2,24,25). The second-order valence-electron chi connectivity index (χ2n) is 6.14. The van der Waals surface area contributed by atoms with Gasteiger partial charge in [0.2, 0.25) is 0 Å². The molecule has 6 heteroatoms. The van der Waals surface area contributed by atoms with Crippen LogP contribution in [0.3, 0.4) is 0 Å². The molecule has 0 aliphatic heterocycles. The molecular weight excluding hydrogens is 354 g/mol. The molecule has 2 N–H and O–H groups in total.